The van der Waals surface area contributed by atoms with Gasteiger partial charge in [-0.15, -0.1) is 0 Å². The van der Waals surface area contributed by atoms with Crippen LogP contribution in [-0.4, -0.2) is 19.6 Å². The highest BCUT2D eigenvalue weighted by Crippen LogP contribution is 2.29. The van der Waals surface area contributed by atoms with Crippen molar-refractivity contribution >= 4 is 12.2 Å². The highest BCUT2D eigenvalue weighted by molar-refractivity contribution is 5.70. The van der Waals surface area contributed by atoms with E-state index >= 15 is 0 Å². The second kappa shape index (κ2) is 11.2. The normalized spacial score (nSPS) is 19.3. The van der Waals surface area contributed by atoms with Gasteiger partial charge in [-0.3, -0.25) is 0 Å². The van der Waals surface area contributed by atoms with E-state index in [0.717, 1.165) is 25.0 Å². The maximum absolute atomic E-state index is 14.5. The summed E-state index contributed by atoms with van der Waals surface area (Å²) < 4.78 is 82.7. The number of hydrogen-bond donors (Lipinski definition) is 0. The van der Waals surface area contributed by atoms with Crippen LogP contribution in [0.3, 0.4) is 0 Å². The van der Waals surface area contributed by atoms with Gasteiger partial charge in [-0.25, -0.2) is 22.0 Å². The molecule has 1 heterocycles. The smallest absolute Gasteiger partial charge is 0.260 e. The quantitative estimate of drug-likeness (QED) is 0.247. The van der Waals surface area contributed by atoms with Gasteiger partial charge in [-0.05, 0) is 30.2 Å². The first-order chi connectivity index (χ1) is 15.4. The number of rotatable bonds is 8. The molecule has 3 nitrogen and oxygen atoms in total. The summed E-state index contributed by atoms with van der Waals surface area (Å²) in [6.07, 6.45) is 2.16. The molecule has 0 aliphatic carbocycles. The van der Waals surface area contributed by atoms with E-state index in [0.29, 0.717) is 37.0 Å². The van der Waals surface area contributed by atoms with Gasteiger partial charge in [-0.1, -0.05) is 37.6 Å². The largest absolute Gasteiger partial charge is 0.459 e. The summed E-state index contributed by atoms with van der Waals surface area (Å²) in [5.41, 5.74) is 0.856. The maximum atomic E-state index is 14.5. The molecule has 1 saturated heterocycles. The summed E-state index contributed by atoms with van der Waals surface area (Å²) in [5, 5.41) is 0. The molecule has 0 saturated carbocycles. The van der Waals surface area contributed by atoms with Gasteiger partial charge in [0, 0.05) is 23.1 Å². The van der Waals surface area contributed by atoms with Crippen LogP contribution in [0.4, 0.5) is 22.0 Å². The molecule has 0 spiro atoms. The van der Waals surface area contributed by atoms with Gasteiger partial charge in [0.15, 0.2) is 23.7 Å². The average Bonchev–Trinajstić information content (AvgIpc) is 2.75. The highest BCUT2D eigenvalue weighted by atomic mass is 19.3. The van der Waals surface area contributed by atoms with Crippen molar-refractivity contribution in [2.75, 3.05) is 13.2 Å². The molecule has 1 aliphatic rings. The lowest BCUT2D eigenvalue weighted by Gasteiger charge is -2.29. The van der Waals surface area contributed by atoms with Crippen LogP contribution in [0.5, 0.6) is 5.75 Å². The van der Waals surface area contributed by atoms with Crippen molar-refractivity contribution in [2.24, 2.45) is 5.92 Å². The van der Waals surface area contributed by atoms with Crippen molar-refractivity contribution in [1.29, 1.82) is 0 Å². The number of benzene rings is 2. The topological polar surface area (TPSA) is 27.7 Å². The molecule has 0 N–H and O–H groups in total. The van der Waals surface area contributed by atoms with Crippen LogP contribution in [-0.2, 0) is 9.47 Å². The SMILES string of the molecule is CCCC1COC(c2ccc(/C=C/c3cc(F)c(O/C=C/C(F)F)c(F)c3)c(F)c2)OC1. The molecule has 1 aliphatic heterocycles. The second-order valence-corrected chi connectivity index (χ2v) is 7.36. The summed E-state index contributed by atoms with van der Waals surface area (Å²) in [6, 6.07) is 6.39. The van der Waals surface area contributed by atoms with Crippen molar-refractivity contribution in [3.63, 3.8) is 0 Å². The monoisotopic (exact) mass is 454 g/mol. The molecule has 8 heteroatoms. The van der Waals surface area contributed by atoms with Crippen molar-refractivity contribution in [3.05, 3.63) is 76.8 Å². The van der Waals surface area contributed by atoms with Gasteiger partial charge in [-0.2, -0.15) is 0 Å². The first-order valence-corrected chi connectivity index (χ1v) is 10.2. The molecule has 2 aromatic carbocycles. The third-order valence-electron chi connectivity index (χ3n) is 4.85. The first-order valence-electron chi connectivity index (χ1n) is 10.2. The third-order valence-corrected chi connectivity index (χ3v) is 4.85. The minimum Gasteiger partial charge on any atom is -0.459 e. The molecule has 0 aromatic heterocycles. The minimum atomic E-state index is -2.81. The van der Waals surface area contributed by atoms with Crippen molar-refractivity contribution < 1.29 is 36.2 Å². The van der Waals surface area contributed by atoms with Gasteiger partial charge < -0.3 is 14.2 Å². The van der Waals surface area contributed by atoms with E-state index in [-0.39, 0.29) is 11.1 Å². The van der Waals surface area contributed by atoms with Crippen LogP contribution in [0.25, 0.3) is 12.2 Å². The number of hydrogen-bond acceptors (Lipinski definition) is 3. The zero-order valence-corrected chi connectivity index (χ0v) is 17.4. The summed E-state index contributed by atoms with van der Waals surface area (Å²) in [5.74, 6) is -3.16. The van der Waals surface area contributed by atoms with Crippen molar-refractivity contribution in [3.8, 4) is 5.75 Å². The number of halogens is 5. The molecule has 0 atom stereocenters. The molecule has 172 valence electrons. The highest BCUT2D eigenvalue weighted by Gasteiger charge is 2.23. The van der Waals surface area contributed by atoms with Crippen LogP contribution in [0.15, 0.2) is 42.7 Å². The van der Waals surface area contributed by atoms with E-state index in [1.54, 1.807) is 6.07 Å². The maximum Gasteiger partial charge on any atom is 0.260 e. The molecule has 0 amide bonds. The van der Waals surface area contributed by atoms with E-state index in [1.165, 1.54) is 24.3 Å². The van der Waals surface area contributed by atoms with Crippen LogP contribution in [0.1, 0.15) is 42.7 Å². The fourth-order valence-corrected chi connectivity index (χ4v) is 3.28. The van der Waals surface area contributed by atoms with E-state index in [2.05, 4.69) is 11.7 Å². The third kappa shape index (κ3) is 6.40. The zero-order valence-electron chi connectivity index (χ0n) is 17.4. The fraction of sp³-hybridized carbons (Fsp3) is 0.333. The second-order valence-electron chi connectivity index (χ2n) is 7.36. The molecule has 1 fully saturated rings. The zero-order chi connectivity index (χ0) is 23.1. The Morgan fingerprint density at radius 3 is 2.28 bits per heavy atom. The van der Waals surface area contributed by atoms with Gasteiger partial charge in [0.2, 0.25) is 0 Å². The molecule has 0 radical (unpaired) electrons. The van der Waals surface area contributed by atoms with Gasteiger partial charge >= 0.3 is 0 Å². The molecule has 2 aromatic rings. The van der Waals surface area contributed by atoms with Crippen molar-refractivity contribution in [1.82, 2.24) is 0 Å². The summed E-state index contributed by atoms with van der Waals surface area (Å²) in [7, 11) is 0. The Kier molecular flexibility index (Phi) is 8.41. The minimum absolute atomic E-state index is 0.106. The van der Waals surface area contributed by atoms with Gasteiger partial charge in [0.1, 0.15) is 5.82 Å². The van der Waals surface area contributed by atoms with Gasteiger partial charge in [0.25, 0.3) is 6.43 Å². The van der Waals surface area contributed by atoms with Crippen molar-refractivity contribution in [2.45, 2.75) is 32.5 Å². The number of alkyl halides is 2. The lowest BCUT2D eigenvalue weighted by molar-refractivity contribution is -0.206. The van der Waals surface area contributed by atoms with Crippen LogP contribution >= 0.6 is 0 Å². The van der Waals surface area contributed by atoms with E-state index < -0.39 is 35.9 Å². The summed E-state index contributed by atoms with van der Waals surface area (Å²) >= 11 is 0. The lowest BCUT2D eigenvalue weighted by Crippen LogP contribution is -2.27. The van der Waals surface area contributed by atoms with E-state index in [9.17, 15) is 22.0 Å². The Hall–Kier alpha value is -2.71. The predicted octanol–water partition coefficient (Wildman–Crippen LogP) is 6.89. The molecular weight excluding hydrogens is 431 g/mol. The van der Waals surface area contributed by atoms with E-state index in [1.807, 2.05) is 0 Å². The molecular formula is C24H23F5O3. The Morgan fingerprint density at radius 2 is 1.69 bits per heavy atom. The van der Waals surface area contributed by atoms with Crippen LogP contribution in [0, 0.1) is 23.4 Å². The Balaban J connectivity index is 1.67. The summed E-state index contributed by atoms with van der Waals surface area (Å²) in [6.45, 7) is 3.19. The fourth-order valence-electron chi connectivity index (χ4n) is 3.28. The average molecular weight is 454 g/mol. The number of ether oxygens (including phenoxy) is 3. The number of allylic oxidation sites excluding steroid dienone is 1. The Bertz CT molecular complexity index is 943. The first kappa shape index (κ1) is 23.9. The molecule has 32 heavy (non-hydrogen) atoms. The standard InChI is InChI=1S/C24H23F5O3/c1-2-3-16-13-31-24(32-14-16)18-7-6-17(19(25)12-18)5-4-15-10-20(26)23(21(27)11-15)30-9-8-22(28)29/h4-12,16,22,24H,2-3,13-14H2,1H3/b5-4+,9-8+. The summed E-state index contributed by atoms with van der Waals surface area (Å²) in [4.78, 5) is 0. The molecule has 0 bridgehead atoms. The van der Waals surface area contributed by atoms with Crippen LogP contribution in [0.2, 0.25) is 0 Å². The van der Waals surface area contributed by atoms with E-state index in [4.69, 9.17) is 9.47 Å². The lowest BCUT2D eigenvalue weighted by atomic mass is 10.0. The molecule has 0 unspecified atom stereocenters. The van der Waals surface area contributed by atoms with Gasteiger partial charge in [0.05, 0.1) is 19.5 Å². The predicted molar refractivity (Wildman–Crippen MR) is 111 cm³/mol. The Labute approximate surface area is 183 Å². The molecule has 3 rings (SSSR count). The Morgan fingerprint density at radius 1 is 1.00 bits per heavy atom. The van der Waals surface area contributed by atoms with Crippen LogP contribution < -0.4 is 4.74 Å².